The van der Waals surface area contributed by atoms with Crippen molar-refractivity contribution in [3.63, 3.8) is 0 Å². The van der Waals surface area contributed by atoms with Crippen molar-refractivity contribution >= 4 is 89.1 Å². The van der Waals surface area contributed by atoms with Gasteiger partial charge in [-0.3, -0.25) is 0 Å². The van der Waals surface area contributed by atoms with Crippen molar-refractivity contribution in [1.82, 2.24) is 4.98 Å². The number of fused-ring (bicyclic) bond motifs is 9. The van der Waals surface area contributed by atoms with Crippen LogP contribution in [0.3, 0.4) is 0 Å². The SMILES string of the molecule is CC(C)[Si](C#Cc1c2ccccc2c(C#C[Si](C(C)C)(C(C)C)C(C)C)c2c1ccc1[nH]c3ccc4c(C#Cc5ccc(C#N)cc5)c5ccccc5c(C#C[Si](C(C)C)(C(C)C)C(C)C)c4c3c12)(C(C)C)C(C)C. The van der Waals surface area contributed by atoms with Crippen molar-refractivity contribution in [2.45, 2.75) is 174 Å². The van der Waals surface area contributed by atoms with Crippen LogP contribution in [0, 0.1) is 57.6 Å². The lowest BCUT2D eigenvalue weighted by atomic mass is 9.87. The quantitative estimate of drug-likeness (QED) is 0.0873. The average molecular weight is 1030 g/mol. The molecule has 0 saturated carbocycles. The lowest BCUT2D eigenvalue weighted by Crippen LogP contribution is -2.43. The van der Waals surface area contributed by atoms with E-state index >= 15 is 0 Å². The van der Waals surface area contributed by atoms with Crippen LogP contribution in [0.4, 0.5) is 0 Å². The number of H-pyrrole nitrogens is 1. The summed E-state index contributed by atoms with van der Waals surface area (Å²) in [5.41, 5.74) is 24.8. The lowest BCUT2D eigenvalue weighted by Gasteiger charge is -2.38. The predicted molar refractivity (Wildman–Crippen MR) is 337 cm³/mol. The normalized spacial score (nSPS) is 12.5. The zero-order valence-corrected chi connectivity index (χ0v) is 51.4. The van der Waals surface area contributed by atoms with Gasteiger partial charge in [0, 0.05) is 60.4 Å². The summed E-state index contributed by atoms with van der Waals surface area (Å²) in [6.45, 7) is 43.4. The molecule has 1 N–H and O–H groups in total. The van der Waals surface area contributed by atoms with Gasteiger partial charge in [0.25, 0.3) is 0 Å². The summed E-state index contributed by atoms with van der Waals surface area (Å²) in [6.07, 6.45) is 0. The number of aromatic nitrogens is 1. The van der Waals surface area contributed by atoms with Crippen molar-refractivity contribution in [1.29, 1.82) is 5.26 Å². The van der Waals surface area contributed by atoms with E-state index in [1.807, 2.05) is 24.3 Å². The first kappa shape index (κ1) is 55.0. The molecule has 0 aliphatic rings. The average Bonchev–Trinajstić information content (AvgIpc) is 3.75. The largest absolute Gasteiger partial charge is 0.354 e. The standard InChI is InChI=1S/C70H80N2Si3/c1-44(2)73(45(3)4,46(5)6)40-37-60-56-24-20-22-26-58(56)64(39-42-75(50(13)14,51(15)16)52(17)18)68-62(60)34-36-66-70(68)69-65(72-66)35-33-61-59(32-31-53-27-29-54(43-71)30-28-53)55-23-19-21-25-57(55)63(67(61)69)38-41-74(47(7)8,48(9)10)49(11)12/h19-30,33-36,44-52,72H,1-18H3. The van der Waals surface area contributed by atoms with E-state index in [0.29, 0.717) is 55.4 Å². The van der Waals surface area contributed by atoms with E-state index in [1.54, 1.807) is 0 Å². The Kier molecular flexibility index (Phi) is 15.7. The molecule has 0 unspecified atom stereocenters. The molecule has 0 saturated heterocycles. The number of rotatable bonds is 9. The highest BCUT2D eigenvalue weighted by Crippen LogP contribution is 2.48. The van der Waals surface area contributed by atoms with Gasteiger partial charge in [-0.1, -0.05) is 215 Å². The monoisotopic (exact) mass is 1030 g/mol. The fraction of sp³-hybridized carbons (Fsp3) is 0.386. The number of benzene rings is 7. The molecule has 7 aromatic carbocycles. The molecular formula is C70H80N2Si3. The highest BCUT2D eigenvalue weighted by Gasteiger charge is 2.44. The van der Waals surface area contributed by atoms with Gasteiger partial charge in [-0.25, -0.2) is 0 Å². The van der Waals surface area contributed by atoms with Gasteiger partial charge in [0.2, 0.25) is 0 Å². The molecule has 8 aromatic rings. The summed E-state index contributed by atoms with van der Waals surface area (Å²) in [5, 5.41) is 21.0. The van der Waals surface area contributed by atoms with Crippen LogP contribution in [0.1, 0.15) is 158 Å². The molecule has 0 bridgehead atoms. The Morgan fingerprint density at radius 3 is 0.920 bits per heavy atom. The van der Waals surface area contributed by atoms with Gasteiger partial charge in [0.15, 0.2) is 0 Å². The van der Waals surface area contributed by atoms with E-state index in [2.05, 4.69) is 255 Å². The molecule has 75 heavy (non-hydrogen) atoms. The topological polar surface area (TPSA) is 39.6 Å². The summed E-state index contributed by atoms with van der Waals surface area (Å²) in [4.78, 5) is 4.00. The summed E-state index contributed by atoms with van der Waals surface area (Å²) >= 11 is 0. The number of nitriles is 1. The van der Waals surface area contributed by atoms with Gasteiger partial charge in [-0.2, -0.15) is 5.26 Å². The number of hydrogen-bond donors (Lipinski definition) is 1. The van der Waals surface area contributed by atoms with Gasteiger partial charge in [0.05, 0.1) is 11.6 Å². The van der Waals surface area contributed by atoms with E-state index in [0.717, 1.165) is 76.6 Å². The summed E-state index contributed by atoms with van der Waals surface area (Å²) in [6, 6.07) is 36.8. The maximum atomic E-state index is 9.62. The second-order valence-corrected chi connectivity index (χ2v) is 41.2. The fourth-order valence-corrected chi connectivity index (χ4v) is 30.1. The first-order valence-corrected chi connectivity index (χ1v) is 34.7. The van der Waals surface area contributed by atoms with E-state index in [1.165, 1.54) is 16.2 Å². The van der Waals surface area contributed by atoms with Crippen LogP contribution in [0.5, 0.6) is 0 Å². The Morgan fingerprint density at radius 2 is 0.600 bits per heavy atom. The van der Waals surface area contributed by atoms with Crippen molar-refractivity contribution < 1.29 is 0 Å². The molecule has 0 radical (unpaired) electrons. The third-order valence-electron chi connectivity index (χ3n) is 18.1. The molecule has 5 heteroatoms. The van der Waals surface area contributed by atoms with Crippen LogP contribution >= 0.6 is 0 Å². The minimum atomic E-state index is -2.21. The molecule has 0 aliphatic heterocycles. The van der Waals surface area contributed by atoms with Crippen molar-refractivity contribution in [2.75, 3.05) is 0 Å². The lowest BCUT2D eigenvalue weighted by molar-refractivity contribution is 0.838. The maximum Gasteiger partial charge on any atom is 0.146 e. The van der Waals surface area contributed by atoms with Crippen LogP contribution in [-0.2, 0) is 0 Å². The minimum absolute atomic E-state index is 0.466. The third kappa shape index (κ3) is 9.17. The van der Waals surface area contributed by atoms with E-state index in [-0.39, 0.29) is 0 Å². The second-order valence-electron chi connectivity index (χ2n) is 24.4. The van der Waals surface area contributed by atoms with Crippen molar-refractivity contribution in [3.8, 4) is 52.3 Å². The highest BCUT2D eigenvalue weighted by molar-refractivity contribution is 6.91. The highest BCUT2D eigenvalue weighted by atomic mass is 28.3. The Labute approximate surface area is 453 Å². The molecule has 2 nitrogen and oxygen atoms in total. The Morgan fingerprint density at radius 1 is 0.307 bits per heavy atom. The first-order chi connectivity index (χ1) is 35.6. The minimum Gasteiger partial charge on any atom is -0.354 e. The predicted octanol–water partition coefficient (Wildman–Crippen LogP) is 19.9. The number of aromatic amines is 1. The number of hydrogen-bond acceptors (Lipinski definition) is 1. The molecular weight excluding hydrogens is 953 g/mol. The molecule has 8 rings (SSSR count). The Balaban J connectivity index is 1.69. The molecule has 0 atom stereocenters. The first-order valence-electron chi connectivity index (χ1n) is 28.0. The van der Waals surface area contributed by atoms with Crippen LogP contribution in [0.15, 0.2) is 97.1 Å². The van der Waals surface area contributed by atoms with Gasteiger partial charge in [0.1, 0.15) is 24.2 Å². The van der Waals surface area contributed by atoms with Crippen LogP contribution in [0.25, 0.3) is 64.9 Å². The molecule has 1 aromatic heterocycles. The summed E-state index contributed by atoms with van der Waals surface area (Å²) < 4.78 is 0. The zero-order chi connectivity index (χ0) is 54.5. The number of nitrogens with zero attached hydrogens (tertiary/aromatic N) is 1. The molecule has 382 valence electrons. The Hall–Kier alpha value is -6.24. The molecule has 0 spiro atoms. The van der Waals surface area contributed by atoms with Crippen LogP contribution < -0.4 is 0 Å². The van der Waals surface area contributed by atoms with Gasteiger partial charge < -0.3 is 4.98 Å². The second kappa shape index (κ2) is 21.4. The summed E-state index contributed by atoms with van der Waals surface area (Å²) in [5.74, 6) is 19.6. The zero-order valence-electron chi connectivity index (χ0n) is 48.4. The van der Waals surface area contributed by atoms with Crippen LogP contribution in [-0.4, -0.2) is 29.2 Å². The third-order valence-corrected chi connectivity index (χ3v) is 36.9. The van der Waals surface area contributed by atoms with Gasteiger partial charge in [-0.05, 0) is 119 Å². The molecule has 0 fully saturated rings. The van der Waals surface area contributed by atoms with E-state index in [9.17, 15) is 5.26 Å². The molecule has 0 amide bonds. The Bertz CT molecular complexity index is 3760. The van der Waals surface area contributed by atoms with Crippen LogP contribution in [0.2, 0.25) is 49.9 Å². The maximum absolute atomic E-state index is 9.62. The van der Waals surface area contributed by atoms with Crippen molar-refractivity contribution in [3.05, 3.63) is 130 Å². The van der Waals surface area contributed by atoms with Gasteiger partial charge >= 0.3 is 0 Å². The smallest absolute Gasteiger partial charge is 0.146 e. The fourth-order valence-electron chi connectivity index (χ4n) is 14.5. The number of nitrogens with one attached hydrogen (secondary N) is 1. The molecule has 0 aliphatic carbocycles. The molecule has 1 heterocycles. The summed E-state index contributed by atoms with van der Waals surface area (Å²) in [7, 11) is -6.58. The van der Waals surface area contributed by atoms with E-state index < -0.39 is 24.2 Å². The van der Waals surface area contributed by atoms with Crippen molar-refractivity contribution in [2.24, 2.45) is 0 Å². The van der Waals surface area contributed by atoms with Gasteiger partial charge in [-0.15, -0.1) is 16.6 Å². The van der Waals surface area contributed by atoms with E-state index in [4.69, 9.17) is 0 Å².